The topological polar surface area (TPSA) is 72.0 Å². The first kappa shape index (κ1) is 14.3. The van der Waals surface area contributed by atoms with Crippen molar-refractivity contribution in [3.63, 3.8) is 0 Å². The van der Waals surface area contributed by atoms with Crippen LogP contribution in [0.15, 0.2) is 70.4 Å². The summed E-state index contributed by atoms with van der Waals surface area (Å²) >= 11 is 1.56. The smallest absolute Gasteiger partial charge is 0.231 e. The molecule has 122 valence electrons. The third-order valence-electron chi connectivity index (χ3n) is 3.94. The quantitative estimate of drug-likeness (QED) is 0.494. The van der Waals surface area contributed by atoms with Gasteiger partial charge in [-0.25, -0.2) is 15.1 Å². The van der Waals surface area contributed by atoms with Crippen LogP contribution in [0.2, 0.25) is 0 Å². The van der Waals surface area contributed by atoms with Crippen molar-refractivity contribution in [3.05, 3.63) is 66.7 Å². The van der Waals surface area contributed by atoms with E-state index in [1.54, 1.807) is 18.0 Å². The highest BCUT2D eigenvalue weighted by Gasteiger charge is 2.13. The molecule has 0 spiro atoms. The largest absolute Gasteiger partial charge is 0.440 e. The standard InChI is InChI=1S/C18H13N5OS/c1-2-6-12(7-3-1)15-10-19-16(24-15)11-25-18-22-21-17-20-13-8-4-5-9-14(13)23(17)18/h1-10H,11H2,(H,20,21). The van der Waals surface area contributed by atoms with Crippen LogP contribution in [0.3, 0.4) is 0 Å². The number of nitrogens with one attached hydrogen (secondary N) is 1. The van der Waals surface area contributed by atoms with Crippen LogP contribution in [0.25, 0.3) is 28.1 Å². The maximum atomic E-state index is 5.85. The zero-order valence-electron chi connectivity index (χ0n) is 13.1. The summed E-state index contributed by atoms with van der Waals surface area (Å²) in [7, 11) is 0. The van der Waals surface area contributed by atoms with E-state index >= 15 is 0 Å². The molecule has 0 radical (unpaired) electrons. The Kier molecular flexibility index (Phi) is 3.31. The molecule has 3 aromatic heterocycles. The van der Waals surface area contributed by atoms with Crippen molar-refractivity contribution >= 4 is 28.6 Å². The number of para-hydroxylation sites is 2. The van der Waals surface area contributed by atoms with Crippen LogP contribution < -0.4 is 0 Å². The van der Waals surface area contributed by atoms with E-state index in [0.29, 0.717) is 11.6 Å². The van der Waals surface area contributed by atoms with Crippen molar-refractivity contribution < 1.29 is 4.42 Å². The van der Waals surface area contributed by atoms with Gasteiger partial charge in [-0.05, 0) is 12.1 Å². The summed E-state index contributed by atoms with van der Waals surface area (Å²) < 4.78 is 7.87. The fourth-order valence-corrected chi connectivity index (χ4v) is 3.59. The number of hydrogen-bond acceptors (Lipinski definition) is 5. The highest BCUT2D eigenvalue weighted by atomic mass is 32.2. The Morgan fingerprint density at radius 3 is 2.80 bits per heavy atom. The van der Waals surface area contributed by atoms with E-state index in [2.05, 4.69) is 20.2 Å². The number of imidazole rings is 1. The second-order valence-electron chi connectivity index (χ2n) is 5.54. The zero-order valence-corrected chi connectivity index (χ0v) is 13.9. The number of H-pyrrole nitrogens is 1. The SMILES string of the molecule is c1ccc(-c2cnc(CSc3n[nH]c4nc5ccccc5n34)o2)cc1. The average molecular weight is 347 g/mol. The van der Waals surface area contributed by atoms with Crippen LogP contribution >= 0.6 is 11.8 Å². The van der Waals surface area contributed by atoms with Gasteiger partial charge in [-0.2, -0.15) is 0 Å². The maximum absolute atomic E-state index is 5.85. The summed E-state index contributed by atoms with van der Waals surface area (Å²) in [6, 6.07) is 18.0. The van der Waals surface area contributed by atoms with Crippen LogP contribution in [0, 0.1) is 0 Å². The van der Waals surface area contributed by atoms with Crippen LogP contribution in [0.5, 0.6) is 0 Å². The van der Waals surface area contributed by atoms with Gasteiger partial charge in [0.1, 0.15) is 0 Å². The molecular weight excluding hydrogens is 334 g/mol. The predicted molar refractivity (Wildman–Crippen MR) is 96.3 cm³/mol. The first-order valence-electron chi connectivity index (χ1n) is 7.83. The molecule has 0 saturated heterocycles. The second-order valence-corrected chi connectivity index (χ2v) is 6.48. The Bertz CT molecular complexity index is 1160. The molecule has 0 bridgehead atoms. The van der Waals surface area contributed by atoms with Gasteiger partial charge in [-0.1, -0.05) is 54.2 Å². The number of fused-ring (bicyclic) bond motifs is 3. The van der Waals surface area contributed by atoms with Crippen molar-refractivity contribution in [2.45, 2.75) is 10.9 Å². The van der Waals surface area contributed by atoms with Gasteiger partial charge < -0.3 is 4.42 Å². The molecule has 0 aliphatic heterocycles. The third-order valence-corrected chi connectivity index (χ3v) is 4.86. The van der Waals surface area contributed by atoms with Crippen molar-refractivity contribution in [2.24, 2.45) is 0 Å². The molecule has 1 N–H and O–H groups in total. The number of aromatic amines is 1. The first-order chi connectivity index (χ1) is 12.4. The third kappa shape index (κ3) is 2.49. The normalized spacial score (nSPS) is 11.5. The van der Waals surface area contributed by atoms with Gasteiger partial charge in [0.25, 0.3) is 0 Å². The van der Waals surface area contributed by atoms with Crippen LogP contribution in [-0.4, -0.2) is 24.6 Å². The fourth-order valence-electron chi connectivity index (χ4n) is 2.78. The van der Waals surface area contributed by atoms with Crippen molar-refractivity contribution in [1.29, 1.82) is 0 Å². The molecule has 5 rings (SSSR count). The van der Waals surface area contributed by atoms with E-state index in [1.165, 1.54) is 0 Å². The number of rotatable bonds is 4. The summed E-state index contributed by atoms with van der Waals surface area (Å²) in [5.74, 6) is 2.78. The molecule has 2 aromatic carbocycles. The van der Waals surface area contributed by atoms with E-state index in [1.807, 2.05) is 59.0 Å². The molecule has 0 fully saturated rings. The van der Waals surface area contributed by atoms with Gasteiger partial charge >= 0.3 is 0 Å². The van der Waals surface area contributed by atoms with Gasteiger partial charge in [-0.15, -0.1) is 5.10 Å². The molecule has 0 aliphatic rings. The molecule has 0 atom stereocenters. The van der Waals surface area contributed by atoms with Crippen LogP contribution in [-0.2, 0) is 5.75 Å². The number of hydrogen-bond donors (Lipinski definition) is 1. The molecule has 0 unspecified atom stereocenters. The minimum atomic E-state index is 0.597. The van der Waals surface area contributed by atoms with E-state index in [4.69, 9.17) is 4.42 Å². The minimum absolute atomic E-state index is 0.597. The monoisotopic (exact) mass is 347 g/mol. The Morgan fingerprint density at radius 2 is 1.88 bits per heavy atom. The van der Waals surface area contributed by atoms with Crippen LogP contribution in [0.1, 0.15) is 5.89 Å². The lowest BCUT2D eigenvalue weighted by Crippen LogP contribution is -1.87. The zero-order chi connectivity index (χ0) is 16.6. The molecule has 7 heteroatoms. The van der Waals surface area contributed by atoms with E-state index in [0.717, 1.165) is 33.3 Å². The molecule has 0 saturated carbocycles. The number of benzene rings is 2. The average Bonchev–Trinajstić information content (AvgIpc) is 3.36. The van der Waals surface area contributed by atoms with Gasteiger partial charge in [-0.3, -0.25) is 4.40 Å². The molecule has 0 amide bonds. The lowest BCUT2D eigenvalue weighted by Gasteiger charge is -1.97. The van der Waals surface area contributed by atoms with Gasteiger partial charge in [0.05, 0.1) is 23.0 Å². The van der Waals surface area contributed by atoms with Gasteiger partial charge in [0.2, 0.25) is 11.7 Å². The molecular formula is C18H13N5OS. The Labute approximate surface area is 146 Å². The molecule has 5 aromatic rings. The Balaban J connectivity index is 1.42. The van der Waals surface area contributed by atoms with Crippen molar-refractivity contribution in [2.75, 3.05) is 0 Å². The number of nitrogens with zero attached hydrogens (tertiary/aromatic N) is 4. The predicted octanol–water partition coefficient (Wildman–Crippen LogP) is 4.16. The van der Waals surface area contributed by atoms with Gasteiger partial charge in [0, 0.05) is 5.56 Å². The van der Waals surface area contributed by atoms with Gasteiger partial charge in [0.15, 0.2) is 10.9 Å². The molecule has 6 nitrogen and oxygen atoms in total. The van der Waals surface area contributed by atoms with E-state index in [-0.39, 0.29) is 0 Å². The highest BCUT2D eigenvalue weighted by Crippen LogP contribution is 2.27. The van der Waals surface area contributed by atoms with Crippen molar-refractivity contribution in [1.82, 2.24) is 24.6 Å². The minimum Gasteiger partial charge on any atom is -0.440 e. The number of oxazole rings is 1. The first-order valence-corrected chi connectivity index (χ1v) is 8.81. The second kappa shape index (κ2) is 5.78. The summed E-state index contributed by atoms with van der Waals surface area (Å²) in [5, 5.41) is 8.17. The summed E-state index contributed by atoms with van der Waals surface area (Å²) in [6.07, 6.45) is 1.76. The summed E-state index contributed by atoms with van der Waals surface area (Å²) in [4.78, 5) is 8.90. The highest BCUT2D eigenvalue weighted by molar-refractivity contribution is 7.98. The van der Waals surface area contributed by atoms with E-state index < -0.39 is 0 Å². The van der Waals surface area contributed by atoms with E-state index in [9.17, 15) is 0 Å². The molecule has 3 heterocycles. The Morgan fingerprint density at radius 1 is 1.04 bits per heavy atom. The lowest BCUT2D eigenvalue weighted by atomic mass is 10.2. The lowest BCUT2D eigenvalue weighted by molar-refractivity contribution is 0.530. The van der Waals surface area contributed by atoms with Crippen molar-refractivity contribution in [3.8, 4) is 11.3 Å². The van der Waals surface area contributed by atoms with Crippen LogP contribution in [0.4, 0.5) is 0 Å². The number of aromatic nitrogens is 5. The summed E-state index contributed by atoms with van der Waals surface area (Å²) in [5.41, 5.74) is 3.00. The molecule has 0 aliphatic carbocycles. The summed E-state index contributed by atoms with van der Waals surface area (Å²) in [6.45, 7) is 0. The molecule has 25 heavy (non-hydrogen) atoms. The fraction of sp³-hybridized carbons (Fsp3) is 0.0556. The maximum Gasteiger partial charge on any atom is 0.231 e. The number of thioether (sulfide) groups is 1. The Hall–Kier alpha value is -3.06.